The van der Waals surface area contributed by atoms with Gasteiger partial charge in [-0.15, -0.1) is 0 Å². The van der Waals surface area contributed by atoms with Gasteiger partial charge in [0.1, 0.15) is 12.2 Å². The highest BCUT2D eigenvalue weighted by Crippen LogP contribution is 2.35. The lowest BCUT2D eigenvalue weighted by molar-refractivity contribution is -0.160. The molecule has 0 aromatic heterocycles. The number of aliphatic hydroxyl groups excluding tert-OH is 3. The van der Waals surface area contributed by atoms with Gasteiger partial charge in [-0.1, -0.05) is 5.11 Å². The Morgan fingerprint density at radius 1 is 1.55 bits per heavy atom. The molecule has 0 radical (unpaired) electrons. The summed E-state index contributed by atoms with van der Waals surface area (Å²) in [7, 11) is 0. The summed E-state index contributed by atoms with van der Waals surface area (Å²) in [5.41, 5.74) is 6.37. The fourth-order valence-electron chi connectivity index (χ4n) is 2.09. The van der Waals surface area contributed by atoms with Crippen LogP contribution < -0.4 is 0 Å². The molecule has 0 spiro atoms. The third-order valence-electron chi connectivity index (χ3n) is 3.15. The van der Waals surface area contributed by atoms with Gasteiger partial charge < -0.3 is 20.1 Å². The van der Waals surface area contributed by atoms with Crippen LogP contribution in [0.3, 0.4) is 0 Å². The topological polar surface area (TPSA) is 156 Å². The van der Waals surface area contributed by atoms with Crippen molar-refractivity contribution in [2.45, 2.75) is 30.6 Å². The lowest BCUT2D eigenvalue weighted by Gasteiger charge is -2.29. The minimum atomic E-state index is -2.07. The van der Waals surface area contributed by atoms with Crippen LogP contribution in [0, 0.1) is 0 Å². The first-order valence-electron chi connectivity index (χ1n) is 5.68. The molecular formula is C10H12N4O6. The number of hydrogen-bond donors (Lipinski definition) is 3. The number of aliphatic hydroxyl groups is 3. The molecule has 3 N–H and O–H groups in total. The van der Waals surface area contributed by atoms with Gasteiger partial charge in [0, 0.05) is 11.1 Å². The van der Waals surface area contributed by atoms with E-state index in [4.69, 9.17) is 10.3 Å². The summed E-state index contributed by atoms with van der Waals surface area (Å²) in [4.78, 5) is 26.2. The van der Waals surface area contributed by atoms with E-state index in [2.05, 4.69) is 10.0 Å². The zero-order chi connectivity index (χ0) is 14.9. The number of azide groups is 1. The molecule has 0 saturated carbocycles. The van der Waals surface area contributed by atoms with Crippen LogP contribution in [0.5, 0.6) is 0 Å². The van der Waals surface area contributed by atoms with E-state index in [1.165, 1.54) is 0 Å². The van der Waals surface area contributed by atoms with Crippen molar-refractivity contribution < 1.29 is 29.6 Å². The lowest BCUT2D eigenvalue weighted by atomic mass is 10.1. The van der Waals surface area contributed by atoms with Gasteiger partial charge in [0.25, 0.3) is 0 Å². The number of rotatable bonds is 3. The molecule has 1 fully saturated rings. The summed E-state index contributed by atoms with van der Waals surface area (Å²) < 4.78 is 5.18. The number of ether oxygens (including phenoxy) is 1. The summed E-state index contributed by atoms with van der Waals surface area (Å²) in [5.74, 6) is -1.04. The van der Waals surface area contributed by atoms with Gasteiger partial charge in [-0.25, -0.2) is 0 Å². The van der Waals surface area contributed by atoms with Gasteiger partial charge in [0.05, 0.1) is 13.0 Å². The summed E-state index contributed by atoms with van der Waals surface area (Å²) in [5, 5.41) is 32.1. The van der Waals surface area contributed by atoms with Crippen molar-refractivity contribution in [2.75, 3.05) is 6.61 Å². The van der Waals surface area contributed by atoms with Crippen molar-refractivity contribution in [1.29, 1.82) is 0 Å². The molecule has 10 nitrogen and oxygen atoms in total. The van der Waals surface area contributed by atoms with E-state index in [-0.39, 0.29) is 0 Å². The van der Waals surface area contributed by atoms with Crippen LogP contribution in [-0.2, 0) is 14.3 Å². The highest BCUT2D eigenvalue weighted by molar-refractivity contribution is 6.06. The van der Waals surface area contributed by atoms with Crippen molar-refractivity contribution in [2.24, 2.45) is 5.11 Å². The maximum Gasteiger partial charge on any atom is 0.236 e. The van der Waals surface area contributed by atoms with Crippen LogP contribution in [0.1, 0.15) is 6.42 Å². The molecule has 1 saturated heterocycles. The molecule has 0 aromatic rings. The normalized spacial score (nSPS) is 37.1. The van der Waals surface area contributed by atoms with Crippen LogP contribution in [0.15, 0.2) is 17.4 Å². The first-order chi connectivity index (χ1) is 9.45. The molecule has 20 heavy (non-hydrogen) atoms. The van der Waals surface area contributed by atoms with E-state index in [9.17, 15) is 24.9 Å². The average molecular weight is 284 g/mol. The fraction of sp³-hybridized carbons (Fsp3) is 0.600. The molecule has 2 aliphatic heterocycles. The van der Waals surface area contributed by atoms with Gasteiger partial charge >= 0.3 is 0 Å². The largest absolute Gasteiger partial charge is 0.393 e. The van der Waals surface area contributed by atoms with Crippen LogP contribution in [-0.4, -0.2) is 62.7 Å². The van der Waals surface area contributed by atoms with Crippen molar-refractivity contribution in [3.05, 3.63) is 22.7 Å². The maximum atomic E-state index is 11.7. The Hall–Kier alpha value is -1.97. The Morgan fingerprint density at radius 2 is 2.25 bits per heavy atom. The van der Waals surface area contributed by atoms with E-state index in [1.54, 1.807) is 0 Å². The predicted octanol–water partition coefficient (Wildman–Crippen LogP) is -1.62. The molecule has 10 heteroatoms. The molecule has 2 heterocycles. The predicted molar refractivity (Wildman–Crippen MR) is 61.5 cm³/mol. The van der Waals surface area contributed by atoms with E-state index < -0.39 is 48.9 Å². The molecule has 0 aromatic carbocycles. The summed E-state index contributed by atoms with van der Waals surface area (Å²) in [6, 6.07) is 0. The standard InChI is InChI=1S/C10H12N4O6/c11-13-12-10(4-15)8(19)7(18)9(20-10)14-2-1-5(16)3-6(14)17/h1-2,7-9,15,18-19H,3-4H2/t7-,8+,9-,10-/m1/s1. The first-order valence-corrected chi connectivity index (χ1v) is 5.68. The fourth-order valence-corrected chi connectivity index (χ4v) is 2.09. The average Bonchev–Trinajstić information content (AvgIpc) is 2.65. The van der Waals surface area contributed by atoms with E-state index >= 15 is 0 Å². The third kappa shape index (κ3) is 2.15. The van der Waals surface area contributed by atoms with Crippen molar-refractivity contribution in [1.82, 2.24) is 4.90 Å². The monoisotopic (exact) mass is 284 g/mol. The smallest absolute Gasteiger partial charge is 0.236 e. The SMILES string of the molecule is [N-]=[N+]=N[C@]1(CO)O[C@@H](N2C=CC(=O)CC2=O)[C@H](O)[C@@H]1O. The van der Waals surface area contributed by atoms with Crippen LogP contribution in [0.25, 0.3) is 10.4 Å². The zero-order valence-electron chi connectivity index (χ0n) is 10.2. The molecule has 2 rings (SSSR count). The second-order valence-electron chi connectivity index (χ2n) is 4.40. The van der Waals surface area contributed by atoms with Crippen molar-refractivity contribution in [3.8, 4) is 0 Å². The molecule has 108 valence electrons. The van der Waals surface area contributed by atoms with Crippen LogP contribution in [0.4, 0.5) is 0 Å². The highest BCUT2D eigenvalue weighted by atomic mass is 16.6. The van der Waals surface area contributed by atoms with Crippen molar-refractivity contribution in [3.63, 3.8) is 0 Å². The quantitative estimate of drug-likeness (QED) is 0.244. The lowest BCUT2D eigenvalue weighted by Crippen LogP contribution is -2.46. The molecular weight excluding hydrogens is 272 g/mol. The molecule has 1 amide bonds. The summed E-state index contributed by atoms with van der Waals surface area (Å²) in [6.07, 6.45) is -2.84. The molecule has 4 atom stereocenters. The van der Waals surface area contributed by atoms with E-state index in [0.717, 1.165) is 17.2 Å². The number of ketones is 1. The highest BCUT2D eigenvalue weighted by Gasteiger charge is 2.56. The van der Waals surface area contributed by atoms with Crippen LogP contribution in [0.2, 0.25) is 0 Å². The number of carbonyl (C=O) groups excluding carboxylic acids is 2. The minimum absolute atomic E-state index is 0.396. The van der Waals surface area contributed by atoms with Crippen molar-refractivity contribution >= 4 is 11.7 Å². The van der Waals surface area contributed by atoms with Gasteiger partial charge in [-0.3, -0.25) is 14.5 Å². The summed E-state index contributed by atoms with van der Waals surface area (Å²) >= 11 is 0. The van der Waals surface area contributed by atoms with Crippen LogP contribution >= 0.6 is 0 Å². The Bertz CT molecular complexity index is 516. The number of nitrogens with zero attached hydrogens (tertiary/aromatic N) is 4. The molecule has 0 bridgehead atoms. The minimum Gasteiger partial charge on any atom is -0.393 e. The van der Waals surface area contributed by atoms with Gasteiger partial charge in [0.15, 0.2) is 12.0 Å². The van der Waals surface area contributed by atoms with E-state index in [0.29, 0.717) is 0 Å². The Labute approximate surface area is 112 Å². The second kappa shape index (κ2) is 5.19. The second-order valence-corrected chi connectivity index (χ2v) is 4.40. The number of allylic oxidation sites excluding steroid dienone is 1. The Morgan fingerprint density at radius 3 is 2.80 bits per heavy atom. The van der Waals surface area contributed by atoms with Gasteiger partial charge in [-0.05, 0) is 11.6 Å². The Kier molecular flexibility index (Phi) is 3.75. The summed E-state index contributed by atoms with van der Waals surface area (Å²) in [6.45, 7) is -0.879. The van der Waals surface area contributed by atoms with Gasteiger partial charge in [0.2, 0.25) is 11.6 Å². The first kappa shape index (κ1) is 14.4. The number of carbonyl (C=O) groups is 2. The van der Waals surface area contributed by atoms with E-state index in [1.807, 2.05) is 0 Å². The third-order valence-corrected chi connectivity index (χ3v) is 3.15. The maximum absolute atomic E-state index is 11.7. The molecule has 0 aliphatic carbocycles. The number of hydrogen-bond acceptors (Lipinski definition) is 7. The zero-order valence-corrected chi connectivity index (χ0v) is 10.2. The number of amides is 1. The van der Waals surface area contributed by atoms with Gasteiger partial charge in [-0.2, -0.15) is 0 Å². The molecule has 0 unspecified atom stereocenters. The Balaban J connectivity index is 2.31. The molecule has 2 aliphatic rings.